The third-order valence-corrected chi connectivity index (χ3v) is 6.64. The Hall–Kier alpha value is -3.65. The van der Waals surface area contributed by atoms with Gasteiger partial charge in [-0.25, -0.2) is 0 Å². The van der Waals surface area contributed by atoms with Gasteiger partial charge in [-0.3, -0.25) is 25.2 Å². The maximum atomic E-state index is 12.8. The molecule has 0 saturated heterocycles. The van der Waals surface area contributed by atoms with Gasteiger partial charge in [0.1, 0.15) is 5.75 Å². The molecule has 3 amide bonds. The van der Waals surface area contributed by atoms with Crippen LogP contribution in [0.5, 0.6) is 5.75 Å². The van der Waals surface area contributed by atoms with Crippen molar-refractivity contribution in [2.75, 3.05) is 11.9 Å². The lowest BCUT2D eigenvalue weighted by Crippen LogP contribution is -2.41. The van der Waals surface area contributed by atoms with E-state index in [1.54, 1.807) is 54.6 Å². The number of nitrogens with one attached hydrogen (secondary N) is 3. The Morgan fingerprint density at radius 2 is 1.38 bits per heavy atom. The van der Waals surface area contributed by atoms with Gasteiger partial charge in [0, 0.05) is 21.3 Å². The average Bonchev–Trinajstić information content (AvgIpc) is 2.92. The molecule has 0 fully saturated rings. The van der Waals surface area contributed by atoms with Gasteiger partial charge in [-0.1, -0.05) is 75.0 Å². The minimum atomic E-state index is -0.491. The molecule has 0 aliphatic heterocycles. The largest absolute Gasteiger partial charge is 0.493 e. The molecule has 0 saturated carbocycles. The molecule has 7 nitrogen and oxygen atoms in total. The lowest BCUT2D eigenvalue weighted by atomic mass is 9.87. The van der Waals surface area contributed by atoms with Crippen LogP contribution in [0.25, 0.3) is 0 Å². The van der Waals surface area contributed by atoms with Crippen molar-refractivity contribution >= 4 is 39.3 Å². The molecule has 0 aromatic heterocycles. The number of rotatable bonds is 10. The fourth-order valence-electron chi connectivity index (χ4n) is 3.80. The van der Waals surface area contributed by atoms with E-state index in [9.17, 15) is 14.4 Å². The van der Waals surface area contributed by atoms with Gasteiger partial charge in [0.15, 0.2) is 0 Å². The summed E-state index contributed by atoms with van der Waals surface area (Å²) in [5.74, 6) is -0.766. The highest BCUT2D eigenvalue weighted by atomic mass is 79.9. The van der Waals surface area contributed by atoms with Crippen LogP contribution < -0.4 is 20.9 Å². The summed E-state index contributed by atoms with van der Waals surface area (Å²) in [4.78, 5) is 38.0. The first-order valence-corrected chi connectivity index (χ1v) is 13.9. The molecule has 3 N–H and O–H groups in total. The second-order valence-electron chi connectivity index (χ2n) is 10.3. The molecule has 0 atom stereocenters. The lowest BCUT2D eigenvalue weighted by molar-refractivity contribution is 0.0844. The first-order chi connectivity index (χ1) is 18.6. The molecule has 206 valence electrons. The van der Waals surface area contributed by atoms with Crippen molar-refractivity contribution in [3.8, 4) is 5.75 Å². The van der Waals surface area contributed by atoms with Crippen molar-refractivity contribution in [2.45, 2.75) is 58.8 Å². The van der Waals surface area contributed by atoms with E-state index in [1.807, 2.05) is 12.1 Å². The smallest absolute Gasteiger partial charge is 0.273 e. The molecule has 3 aromatic carbocycles. The first kappa shape index (κ1) is 29.9. The Balaban J connectivity index is 1.55. The zero-order valence-electron chi connectivity index (χ0n) is 22.9. The Labute approximate surface area is 238 Å². The number of carbonyl (C=O) groups is 3. The summed E-state index contributed by atoms with van der Waals surface area (Å²) in [6.45, 7) is 9.02. The third-order valence-electron chi connectivity index (χ3n) is 6.15. The van der Waals surface area contributed by atoms with E-state index in [1.165, 1.54) is 0 Å². The van der Waals surface area contributed by atoms with Crippen LogP contribution in [-0.2, 0) is 5.41 Å². The lowest BCUT2D eigenvalue weighted by Gasteiger charge is -2.19. The van der Waals surface area contributed by atoms with Gasteiger partial charge in [0.25, 0.3) is 17.7 Å². The second kappa shape index (κ2) is 13.9. The van der Waals surface area contributed by atoms with Crippen LogP contribution in [0.1, 0.15) is 90.0 Å². The predicted octanol–water partition coefficient (Wildman–Crippen LogP) is 7.03. The fourth-order valence-corrected chi connectivity index (χ4v) is 4.16. The monoisotopic (exact) mass is 593 g/mol. The van der Waals surface area contributed by atoms with E-state index in [0.717, 1.165) is 35.7 Å². The average molecular weight is 595 g/mol. The van der Waals surface area contributed by atoms with Gasteiger partial charge in [0.05, 0.1) is 12.2 Å². The van der Waals surface area contributed by atoms with Crippen LogP contribution >= 0.6 is 15.9 Å². The second-order valence-corrected chi connectivity index (χ2v) is 11.2. The number of ether oxygens (including phenoxy) is 1. The fraction of sp³-hybridized carbons (Fsp3) is 0.323. The zero-order valence-corrected chi connectivity index (χ0v) is 24.5. The van der Waals surface area contributed by atoms with Crippen LogP contribution in [0.4, 0.5) is 5.69 Å². The molecular weight excluding hydrogens is 558 g/mol. The van der Waals surface area contributed by atoms with Gasteiger partial charge in [-0.05, 0) is 72.0 Å². The van der Waals surface area contributed by atoms with E-state index >= 15 is 0 Å². The molecular formula is C31H36BrN3O4. The van der Waals surface area contributed by atoms with Crippen LogP contribution in [0.3, 0.4) is 0 Å². The quantitative estimate of drug-likeness (QED) is 0.173. The zero-order chi connectivity index (χ0) is 28.4. The highest BCUT2D eigenvalue weighted by Crippen LogP contribution is 2.24. The number of unbranched alkanes of at least 4 members (excludes halogenated alkanes) is 3. The Kier molecular flexibility index (Phi) is 10.7. The van der Waals surface area contributed by atoms with Gasteiger partial charge in [-0.15, -0.1) is 0 Å². The number of carbonyl (C=O) groups excluding carboxylic acids is 3. The van der Waals surface area contributed by atoms with Gasteiger partial charge in [-0.2, -0.15) is 0 Å². The van der Waals surface area contributed by atoms with Gasteiger partial charge >= 0.3 is 0 Å². The molecule has 0 spiro atoms. The van der Waals surface area contributed by atoms with E-state index in [-0.39, 0.29) is 11.3 Å². The first-order valence-electron chi connectivity index (χ1n) is 13.1. The SMILES string of the molecule is CCCCCCOc1ccc(Br)cc1C(=O)NNC(=O)c1ccc(NC(=O)c2ccc(C(C)(C)C)cc2)cc1. The van der Waals surface area contributed by atoms with Crippen molar-refractivity contribution < 1.29 is 19.1 Å². The maximum Gasteiger partial charge on any atom is 0.273 e. The Bertz CT molecular complexity index is 1280. The molecule has 3 rings (SSSR count). The summed E-state index contributed by atoms with van der Waals surface area (Å²) >= 11 is 3.38. The van der Waals surface area contributed by atoms with Crippen molar-refractivity contribution in [1.82, 2.24) is 10.9 Å². The summed E-state index contributed by atoms with van der Waals surface area (Å²) < 4.78 is 6.54. The summed E-state index contributed by atoms with van der Waals surface area (Å²) in [7, 11) is 0. The van der Waals surface area contributed by atoms with Crippen molar-refractivity contribution in [1.29, 1.82) is 0 Å². The van der Waals surface area contributed by atoms with Crippen molar-refractivity contribution in [3.05, 3.63) is 93.5 Å². The number of hydrazine groups is 1. The maximum absolute atomic E-state index is 12.8. The summed E-state index contributed by atoms with van der Waals surface area (Å²) in [6.07, 6.45) is 4.25. The van der Waals surface area contributed by atoms with E-state index < -0.39 is 11.8 Å². The van der Waals surface area contributed by atoms with E-state index in [2.05, 4.69) is 59.8 Å². The molecule has 0 heterocycles. The minimum absolute atomic E-state index is 0.00672. The highest BCUT2D eigenvalue weighted by molar-refractivity contribution is 9.10. The number of amides is 3. The number of hydrogen-bond acceptors (Lipinski definition) is 4. The molecule has 0 aliphatic rings. The predicted molar refractivity (Wildman–Crippen MR) is 158 cm³/mol. The third kappa shape index (κ3) is 8.96. The highest BCUT2D eigenvalue weighted by Gasteiger charge is 2.16. The molecule has 8 heteroatoms. The number of benzene rings is 3. The molecule has 0 bridgehead atoms. The Morgan fingerprint density at radius 3 is 2.03 bits per heavy atom. The molecule has 39 heavy (non-hydrogen) atoms. The van der Waals surface area contributed by atoms with Gasteiger partial charge in [0.2, 0.25) is 0 Å². The van der Waals surface area contributed by atoms with Crippen LogP contribution in [-0.4, -0.2) is 24.3 Å². The normalized spacial score (nSPS) is 11.0. The minimum Gasteiger partial charge on any atom is -0.493 e. The molecule has 0 unspecified atom stereocenters. The molecule has 3 aromatic rings. The Morgan fingerprint density at radius 1 is 0.769 bits per heavy atom. The van der Waals surface area contributed by atoms with Crippen LogP contribution in [0, 0.1) is 0 Å². The van der Waals surface area contributed by atoms with Crippen LogP contribution in [0.2, 0.25) is 0 Å². The topological polar surface area (TPSA) is 96.5 Å². The van der Waals surface area contributed by atoms with Gasteiger partial charge < -0.3 is 10.1 Å². The number of hydrogen-bond donors (Lipinski definition) is 3. The van der Waals surface area contributed by atoms with E-state index in [4.69, 9.17) is 4.74 Å². The van der Waals surface area contributed by atoms with Crippen molar-refractivity contribution in [2.24, 2.45) is 0 Å². The summed E-state index contributed by atoms with van der Waals surface area (Å²) in [5, 5.41) is 2.83. The molecule has 0 aliphatic carbocycles. The summed E-state index contributed by atoms with van der Waals surface area (Å²) in [5.41, 5.74) is 7.77. The van der Waals surface area contributed by atoms with Crippen molar-refractivity contribution in [3.63, 3.8) is 0 Å². The van der Waals surface area contributed by atoms with E-state index in [0.29, 0.717) is 34.7 Å². The van der Waals surface area contributed by atoms with Crippen LogP contribution in [0.15, 0.2) is 71.2 Å². The number of anilines is 1. The summed E-state index contributed by atoms with van der Waals surface area (Å²) in [6, 6.07) is 19.1. The molecule has 0 radical (unpaired) electrons. The standard InChI is InChI=1S/C31H36BrN3O4/c1-5-6-7-8-19-39-27-18-15-24(32)20-26(27)30(38)35-34-29(37)22-11-16-25(17-12-22)33-28(36)21-9-13-23(14-10-21)31(2,3)4/h9-18,20H,5-8,19H2,1-4H3,(H,33,36)(H,34,37)(H,35,38). The number of halogens is 1.